The van der Waals surface area contributed by atoms with Crippen molar-refractivity contribution in [2.24, 2.45) is 4.99 Å². The Hall–Kier alpha value is -3.10. The maximum absolute atomic E-state index is 11.6. The number of β-amino-alcohol motifs (C(OH)–C–C–N with tert-alkyl or cyclic N) is 1. The highest BCUT2D eigenvalue weighted by Crippen LogP contribution is 2.23. The van der Waals surface area contributed by atoms with Crippen LogP contribution in [-0.2, 0) is 14.4 Å². The number of piperidine rings is 1. The molecule has 0 aromatic heterocycles. The molecule has 0 bridgehead atoms. The first-order valence-electron chi connectivity index (χ1n) is 13.0. The van der Waals surface area contributed by atoms with Crippen LogP contribution in [0.1, 0.15) is 18.9 Å². The van der Waals surface area contributed by atoms with Crippen LogP contribution in [0, 0.1) is 0 Å². The van der Waals surface area contributed by atoms with Crippen LogP contribution in [0.2, 0.25) is 0 Å². The molecule has 5 atom stereocenters. The molecule has 1 aliphatic heterocycles. The van der Waals surface area contributed by atoms with Crippen LogP contribution in [0.5, 0.6) is 0 Å². The number of nitrogens with one attached hydrogen (secondary N) is 2. The van der Waals surface area contributed by atoms with E-state index in [4.69, 9.17) is 5.11 Å². The van der Waals surface area contributed by atoms with Crippen molar-refractivity contribution >= 4 is 57.9 Å². The Bertz CT molecular complexity index is 1100. The van der Waals surface area contributed by atoms with Crippen LogP contribution in [0.25, 0.3) is 6.08 Å². The molecule has 4 unspecified atom stereocenters. The van der Waals surface area contributed by atoms with Crippen LogP contribution in [0.3, 0.4) is 0 Å². The van der Waals surface area contributed by atoms with Crippen molar-refractivity contribution < 1.29 is 34.8 Å². The highest BCUT2D eigenvalue weighted by atomic mass is 33.1. The molecule has 11 nitrogen and oxygen atoms in total. The molecule has 1 saturated heterocycles. The minimum absolute atomic E-state index is 0.109. The van der Waals surface area contributed by atoms with Gasteiger partial charge in [0.1, 0.15) is 12.1 Å². The fourth-order valence-electron chi connectivity index (χ4n) is 3.78. The Kier molecular flexibility index (Phi) is 15.3. The number of nitrogens with zero attached hydrogens (tertiary/aromatic N) is 2. The number of hydrogen-bond acceptors (Lipinski definition) is 10. The van der Waals surface area contributed by atoms with Gasteiger partial charge in [0.15, 0.2) is 0 Å². The quantitative estimate of drug-likeness (QED) is 0.0473. The molecule has 1 aromatic rings. The summed E-state index contributed by atoms with van der Waals surface area (Å²) in [6.45, 7) is 7.10. The molecular weight excluding hydrogens is 568 g/mol. The lowest BCUT2D eigenvalue weighted by atomic mass is 10.0. The Labute approximate surface area is 247 Å². The third-order valence-electron chi connectivity index (χ3n) is 6.16. The lowest BCUT2D eigenvalue weighted by Crippen LogP contribution is -2.46. The van der Waals surface area contributed by atoms with Crippen LogP contribution in [0.4, 0.5) is 5.69 Å². The molecule has 0 saturated carbocycles. The zero-order chi connectivity index (χ0) is 30.2. The van der Waals surface area contributed by atoms with E-state index in [1.807, 2.05) is 43.3 Å². The third-order valence-corrected chi connectivity index (χ3v) is 8.59. The number of carbonyl (C=O) groups is 3. The van der Waals surface area contributed by atoms with Gasteiger partial charge < -0.3 is 30.6 Å². The number of anilines is 1. The fraction of sp³-hybridized carbons (Fsp3) is 0.429. The summed E-state index contributed by atoms with van der Waals surface area (Å²) in [5.41, 5.74) is 2.82. The first-order chi connectivity index (χ1) is 19.6. The molecular formula is C28H38N4O7S2. The average Bonchev–Trinajstić information content (AvgIpc) is 2.95. The van der Waals surface area contributed by atoms with E-state index in [0.717, 1.165) is 16.8 Å². The zero-order valence-electron chi connectivity index (χ0n) is 22.8. The molecule has 2 rings (SSSR count). The van der Waals surface area contributed by atoms with E-state index < -0.39 is 36.2 Å². The van der Waals surface area contributed by atoms with Gasteiger partial charge in [-0.3, -0.25) is 19.9 Å². The summed E-state index contributed by atoms with van der Waals surface area (Å²) in [6, 6.07) is 5.82. The standard InChI is InChI=1S/C28H38N4O7S2/c1-3-20(4-5-21-6-8-22(9-7-21)32-13-11-25(34)26(35)15-32)10-12-29-14-19(2)31-24(28(38)39)17-41-40-16-23(27(36)37)30-18-33/h3-10,12,18-19,23-26,31,34-35H,1,11,13-17H2,2H3,(H,30,33)(H,36,37)(H,38,39)/b5-4+,20-10+,29-12+/t19-,23?,24?,25?,26?/m1/s1. The van der Waals surface area contributed by atoms with E-state index >= 15 is 0 Å². The smallest absolute Gasteiger partial charge is 0.327 e. The molecule has 0 spiro atoms. The van der Waals surface area contributed by atoms with Crippen molar-refractivity contribution in [1.82, 2.24) is 10.6 Å². The Morgan fingerprint density at radius 3 is 2.37 bits per heavy atom. The first-order valence-corrected chi connectivity index (χ1v) is 15.5. The number of aliphatic imine (C=N–C) groups is 1. The second kappa shape index (κ2) is 18.4. The number of allylic oxidation sites excluding steroid dienone is 4. The van der Waals surface area contributed by atoms with Gasteiger partial charge in [0.2, 0.25) is 6.41 Å². The fourth-order valence-corrected chi connectivity index (χ4v) is 6.12. The molecule has 0 aliphatic carbocycles. The number of aliphatic carboxylic acids is 2. The molecule has 1 fully saturated rings. The molecule has 224 valence electrons. The Morgan fingerprint density at radius 2 is 1.78 bits per heavy atom. The second-order valence-corrected chi connectivity index (χ2v) is 11.9. The van der Waals surface area contributed by atoms with Gasteiger partial charge in [0.25, 0.3) is 0 Å². The van der Waals surface area contributed by atoms with Crippen molar-refractivity contribution in [3.63, 3.8) is 0 Å². The van der Waals surface area contributed by atoms with Crippen molar-refractivity contribution in [1.29, 1.82) is 0 Å². The molecule has 0 radical (unpaired) electrons. The highest BCUT2D eigenvalue weighted by Gasteiger charge is 2.26. The summed E-state index contributed by atoms with van der Waals surface area (Å²) < 4.78 is 0. The minimum Gasteiger partial charge on any atom is -0.480 e. The Morgan fingerprint density at radius 1 is 1.12 bits per heavy atom. The molecule has 13 heteroatoms. The number of aliphatic hydroxyl groups excluding tert-OH is 2. The zero-order valence-corrected chi connectivity index (χ0v) is 24.5. The van der Waals surface area contributed by atoms with Gasteiger partial charge in [0, 0.05) is 42.5 Å². The topological polar surface area (TPSA) is 172 Å². The minimum atomic E-state index is -1.15. The van der Waals surface area contributed by atoms with Crippen molar-refractivity contribution in [2.75, 3.05) is 36.0 Å². The van der Waals surface area contributed by atoms with E-state index in [9.17, 15) is 29.7 Å². The predicted molar refractivity (Wildman–Crippen MR) is 166 cm³/mol. The van der Waals surface area contributed by atoms with Gasteiger partial charge in [-0.05, 0) is 42.7 Å². The second-order valence-electron chi connectivity index (χ2n) is 9.38. The van der Waals surface area contributed by atoms with Gasteiger partial charge in [0.05, 0.1) is 18.8 Å². The van der Waals surface area contributed by atoms with Gasteiger partial charge in [-0.25, -0.2) is 4.79 Å². The number of carboxylic acid groups (broad SMARTS) is 2. The summed E-state index contributed by atoms with van der Waals surface area (Å²) in [5, 5.41) is 43.4. The first kappa shape index (κ1) is 34.1. The number of carbonyl (C=O) groups excluding carboxylic acids is 1. The van der Waals surface area contributed by atoms with Crippen molar-refractivity contribution in [3.8, 4) is 0 Å². The van der Waals surface area contributed by atoms with E-state index in [2.05, 4.69) is 27.1 Å². The summed E-state index contributed by atoms with van der Waals surface area (Å²) in [4.78, 5) is 39.6. The van der Waals surface area contributed by atoms with Crippen LogP contribution in [0.15, 0.2) is 59.6 Å². The molecule has 1 aliphatic rings. The summed E-state index contributed by atoms with van der Waals surface area (Å²) in [6.07, 6.45) is 8.45. The lowest BCUT2D eigenvalue weighted by Gasteiger charge is -2.35. The molecule has 1 heterocycles. The predicted octanol–water partition coefficient (Wildman–Crippen LogP) is 1.83. The number of amides is 1. The van der Waals surface area contributed by atoms with Gasteiger partial charge in [-0.1, -0.05) is 58.5 Å². The van der Waals surface area contributed by atoms with E-state index in [0.29, 0.717) is 32.5 Å². The van der Waals surface area contributed by atoms with Gasteiger partial charge in [-0.2, -0.15) is 0 Å². The lowest BCUT2D eigenvalue weighted by molar-refractivity contribution is -0.140. The number of rotatable bonds is 18. The third kappa shape index (κ3) is 12.5. The van der Waals surface area contributed by atoms with E-state index in [1.54, 1.807) is 18.4 Å². The summed E-state index contributed by atoms with van der Waals surface area (Å²) in [7, 11) is 2.39. The van der Waals surface area contributed by atoms with Crippen LogP contribution < -0.4 is 15.5 Å². The number of hydrogen-bond donors (Lipinski definition) is 6. The average molecular weight is 607 g/mol. The largest absolute Gasteiger partial charge is 0.480 e. The Balaban J connectivity index is 1.81. The van der Waals surface area contributed by atoms with E-state index in [1.165, 1.54) is 21.6 Å². The van der Waals surface area contributed by atoms with Gasteiger partial charge >= 0.3 is 11.9 Å². The normalized spacial score (nSPS) is 20.1. The molecule has 6 N–H and O–H groups in total. The van der Waals surface area contributed by atoms with Crippen molar-refractivity contribution in [2.45, 2.75) is 43.7 Å². The van der Waals surface area contributed by atoms with Gasteiger partial charge in [-0.15, -0.1) is 0 Å². The SMILES string of the molecule is C=CC(/C=C/c1ccc(N2CCC(O)C(O)C2)cc1)=C\C=N\C[C@@H](C)NC(CSSCC(NC=O)C(=O)O)C(=O)O. The molecule has 41 heavy (non-hydrogen) atoms. The van der Waals surface area contributed by atoms with Crippen LogP contribution in [-0.4, -0.2) is 106 Å². The summed E-state index contributed by atoms with van der Waals surface area (Å²) >= 11 is 0. The number of aliphatic hydroxyl groups is 2. The van der Waals surface area contributed by atoms with Crippen LogP contribution >= 0.6 is 21.6 Å². The van der Waals surface area contributed by atoms with E-state index in [-0.39, 0.29) is 17.5 Å². The van der Waals surface area contributed by atoms with Crippen molar-refractivity contribution in [3.05, 3.63) is 60.2 Å². The highest BCUT2D eigenvalue weighted by molar-refractivity contribution is 8.76. The monoisotopic (exact) mass is 606 g/mol. The molecule has 1 amide bonds. The number of benzene rings is 1. The molecule has 1 aromatic carbocycles. The summed E-state index contributed by atoms with van der Waals surface area (Å²) in [5.74, 6) is -1.86. The maximum Gasteiger partial charge on any atom is 0.327 e. The maximum atomic E-state index is 11.6. The number of carboxylic acids is 2.